The first kappa shape index (κ1) is 18.4. The molecule has 0 fully saturated rings. The van der Waals surface area contributed by atoms with Crippen LogP contribution in [0.25, 0.3) is 0 Å². The second-order valence-electron chi connectivity index (χ2n) is 6.27. The highest BCUT2D eigenvalue weighted by Crippen LogP contribution is 2.15. The fourth-order valence-electron chi connectivity index (χ4n) is 2.06. The zero-order valence-electron chi connectivity index (χ0n) is 13.9. The van der Waals surface area contributed by atoms with Crippen molar-refractivity contribution in [3.63, 3.8) is 0 Å². The smallest absolute Gasteiger partial charge is 0.410 e. The Balaban J connectivity index is 2.20. The third-order valence-corrected chi connectivity index (χ3v) is 4.14. The van der Waals surface area contributed by atoms with Crippen molar-refractivity contribution < 1.29 is 9.53 Å². The first-order chi connectivity index (χ1) is 9.92. The van der Waals surface area contributed by atoms with E-state index in [1.807, 2.05) is 32.5 Å². The fourth-order valence-corrected chi connectivity index (χ4v) is 2.69. The van der Waals surface area contributed by atoms with E-state index in [4.69, 9.17) is 4.74 Å². The molecule has 0 unspecified atom stereocenters. The van der Waals surface area contributed by atoms with Gasteiger partial charge in [-0.15, -0.1) is 0 Å². The summed E-state index contributed by atoms with van der Waals surface area (Å²) in [4.78, 5) is 13.7. The number of hydrogen-bond donors (Lipinski definition) is 1. The molecule has 1 aliphatic rings. The van der Waals surface area contributed by atoms with E-state index >= 15 is 0 Å². The minimum Gasteiger partial charge on any atom is -0.444 e. The number of ether oxygens (including phenoxy) is 1. The predicted octanol–water partition coefficient (Wildman–Crippen LogP) is 3.29. The van der Waals surface area contributed by atoms with E-state index in [-0.39, 0.29) is 6.09 Å². The van der Waals surface area contributed by atoms with Crippen LogP contribution in [0.4, 0.5) is 4.79 Å². The topological polar surface area (TPSA) is 41.6 Å². The van der Waals surface area contributed by atoms with Gasteiger partial charge in [0.1, 0.15) is 5.60 Å². The maximum absolute atomic E-state index is 11.9. The quantitative estimate of drug-likeness (QED) is 0.578. The lowest BCUT2D eigenvalue weighted by atomic mass is 10.1. The van der Waals surface area contributed by atoms with Crippen LogP contribution in [0, 0.1) is 0 Å². The van der Waals surface area contributed by atoms with Crippen LogP contribution in [0.1, 0.15) is 40.5 Å². The molecule has 1 heterocycles. The molecule has 0 radical (unpaired) electrons. The Morgan fingerprint density at radius 3 is 2.81 bits per heavy atom. The van der Waals surface area contributed by atoms with Crippen LogP contribution >= 0.6 is 11.8 Å². The average molecular weight is 314 g/mol. The second-order valence-corrected chi connectivity index (χ2v) is 7.66. The molecule has 0 bridgehead atoms. The van der Waals surface area contributed by atoms with Crippen molar-refractivity contribution in [3.05, 3.63) is 11.6 Å². The molecule has 0 aromatic carbocycles. The third kappa shape index (κ3) is 8.37. The first-order valence-electron chi connectivity index (χ1n) is 7.86. The molecule has 5 heteroatoms. The highest BCUT2D eigenvalue weighted by molar-refractivity contribution is 7.99. The summed E-state index contributed by atoms with van der Waals surface area (Å²) >= 11 is 1.99. The Hall–Kier alpha value is -0.680. The maximum atomic E-state index is 11.9. The summed E-state index contributed by atoms with van der Waals surface area (Å²) in [6.07, 6.45) is 4.11. The molecule has 1 aliphatic heterocycles. The van der Waals surface area contributed by atoms with Gasteiger partial charge in [-0.3, -0.25) is 0 Å². The van der Waals surface area contributed by atoms with Gasteiger partial charge in [-0.2, -0.15) is 11.8 Å². The van der Waals surface area contributed by atoms with Crippen molar-refractivity contribution in [1.29, 1.82) is 0 Å². The fraction of sp³-hybridized carbons (Fsp3) is 0.812. The van der Waals surface area contributed by atoms with Gasteiger partial charge in [-0.25, -0.2) is 4.79 Å². The first-order valence-corrected chi connectivity index (χ1v) is 9.02. The summed E-state index contributed by atoms with van der Waals surface area (Å²) in [6.45, 7) is 11.3. The van der Waals surface area contributed by atoms with Crippen LogP contribution in [-0.2, 0) is 4.74 Å². The number of carbonyl (C=O) groups is 1. The van der Waals surface area contributed by atoms with Crippen LogP contribution in [0.15, 0.2) is 11.6 Å². The Kier molecular flexibility index (Phi) is 8.19. The molecule has 0 saturated carbocycles. The largest absolute Gasteiger partial charge is 0.444 e. The van der Waals surface area contributed by atoms with Crippen LogP contribution in [0.5, 0.6) is 0 Å². The van der Waals surface area contributed by atoms with Crippen LogP contribution in [-0.4, -0.2) is 54.3 Å². The Labute approximate surface area is 133 Å². The van der Waals surface area contributed by atoms with Crippen molar-refractivity contribution in [2.45, 2.75) is 46.1 Å². The number of nitrogens with one attached hydrogen (secondary N) is 1. The van der Waals surface area contributed by atoms with Gasteiger partial charge in [-0.05, 0) is 51.7 Å². The number of nitrogens with zero attached hydrogens (tertiary/aromatic N) is 1. The van der Waals surface area contributed by atoms with Gasteiger partial charge in [-0.1, -0.05) is 18.6 Å². The van der Waals surface area contributed by atoms with Crippen molar-refractivity contribution in [1.82, 2.24) is 10.2 Å². The van der Waals surface area contributed by atoms with Gasteiger partial charge in [0.15, 0.2) is 0 Å². The normalized spacial score (nSPS) is 15.8. The Morgan fingerprint density at radius 1 is 1.48 bits per heavy atom. The zero-order chi connectivity index (χ0) is 15.7. The Bertz CT molecular complexity index is 351. The van der Waals surface area contributed by atoms with Gasteiger partial charge >= 0.3 is 6.09 Å². The van der Waals surface area contributed by atoms with Crippen molar-refractivity contribution in [2.24, 2.45) is 0 Å². The molecule has 0 spiro atoms. The van der Waals surface area contributed by atoms with E-state index < -0.39 is 5.60 Å². The monoisotopic (exact) mass is 314 g/mol. The lowest BCUT2D eigenvalue weighted by Gasteiger charge is -2.29. The number of carbonyl (C=O) groups excluding carboxylic acids is 1. The minimum absolute atomic E-state index is 0.206. The molecule has 0 saturated heterocycles. The van der Waals surface area contributed by atoms with E-state index in [0.717, 1.165) is 26.1 Å². The molecule has 1 rings (SSSR count). The standard InChI is InChI=1S/C16H30N2O2S/c1-5-21-12-6-9-17-13-14-7-10-18(11-8-14)15(19)20-16(2,3)4/h7,17H,5-6,8-13H2,1-4H3. The summed E-state index contributed by atoms with van der Waals surface area (Å²) in [5, 5.41) is 3.48. The zero-order valence-corrected chi connectivity index (χ0v) is 14.7. The van der Waals surface area contributed by atoms with E-state index in [9.17, 15) is 4.79 Å². The Morgan fingerprint density at radius 2 is 2.24 bits per heavy atom. The summed E-state index contributed by atoms with van der Waals surface area (Å²) < 4.78 is 5.39. The lowest BCUT2D eigenvalue weighted by Crippen LogP contribution is -2.40. The minimum atomic E-state index is -0.418. The maximum Gasteiger partial charge on any atom is 0.410 e. The van der Waals surface area contributed by atoms with Gasteiger partial charge in [0.05, 0.1) is 0 Å². The molecule has 0 aliphatic carbocycles. The average Bonchev–Trinajstić information content (AvgIpc) is 2.41. The molecule has 0 aromatic heterocycles. The SMILES string of the molecule is CCSCCCNCC1=CCN(C(=O)OC(C)(C)C)CC1. The second kappa shape index (κ2) is 9.36. The van der Waals surface area contributed by atoms with Crippen LogP contribution < -0.4 is 5.32 Å². The summed E-state index contributed by atoms with van der Waals surface area (Å²) in [6, 6.07) is 0. The molecular weight excluding hydrogens is 284 g/mol. The summed E-state index contributed by atoms with van der Waals surface area (Å²) in [5.41, 5.74) is 0.983. The van der Waals surface area contributed by atoms with Crippen LogP contribution in [0.2, 0.25) is 0 Å². The summed E-state index contributed by atoms with van der Waals surface area (Å²) in [7, 11) is 0. The molecule has 1 N–H and O–H groups in total. The molecule has 0 aromatic rings. The van der Waals surface area contributed by atoms with Gasteiger partial charge in [0, 0.05) is 19.6 Å². The lowest BCUT2D eigenvalue weighted by molar-refractivity contribution is 0.0265. The van der Waals surface area contributed by atoms with E-state index in [1.54, 1.807) is 4.90 Å². The van der Waals surface area contributed by atoms with Gasteiger partial charge in [0.25, 0.3) is 0 Å². The number of thioether (sulfide) groups is 1. The highest BCUT2D eigenvalue weighted by Gasteiger charge is 2.23. The number of hydrogen-bond acceptors (Lipinski definition) is 4. The molecule has 0 atom stereocenters. The van der Waals surface area contributed by atoms with Crippen molar-refractivity contribution in [2.75, 3.05) is 37.7 Å². The van der Waals surface area contributed by atoms with Crippen LogP contribution in [0.3, 0.4) is 0 Å². The van der Waals surface area contributed by atoms with Crippen molar-refractivity contribution >= 4 is 17.9 Å². The summed E-state index contributed by atoms with van der Waals surface area (Å²) in [5.74, 6) is 2.43. The molecule has 21 heavy (non-hydrogen) atoms. The number of amides is 1. The van der Waals surface area contributed by atoms with E-state index in [1.165, 1.54) is 23.5 Å². The van der Waals surface area contributed by atoms with Crippen molar-refractivity contribution in [3.8, 4) is 0 Å². The van der Waals surface area contributed by atoms with E-state index in [2.05, 4.69) is 18.3 Å². The third-order valence-electron chi connectivity index (χ3n) is 3.15. The van der Waals surface area contributed by atoms with Gasteiger partial charge < -0.3 is 15.0 Å². The van der Waals surface area contributed by atoms with E-state index in [0.29, 0.717) is 6.54 Å². The highest BCUT2D eigenvalue weighted by atomic mass is 32.2. The van der Waals surface area contributed by atoms with Gasteiger partial charge in [0.2, 0.25) is 0 Å². The molecule has 4 nitrogen and oxygen atoms in total. The molecule has 1 amide bonds. The molecule has 122 valence electrons. The predicted molar refractivity (Wildman–Crippen MR) is 91.0 cm³/mol. The number of rotatable bonds is 7. The molecular formula is C16H30N2O2S.